The van der Waals surface area contributed by atoms with Crippen LogP contribution >= 0.6 is 0 Å². The van der Waals surface area contributed by atoms with Crippen LogP contribution < -0.4 is 0 Å². The lowest BCUT2D eigenvalue weighted by atomic mass is 10.2. The van der Waals surface area contributed by atoms with Gasteiger partial charge >= 0.3 is 0 Å². The first kappa shape index (κ1) is 8.90. The van der Waals surface area contributed by atoms with E-state index in [9.17, 15) is 0 Å². The van der Waals surface area contributed by atoms with Crippen molar-refractivity contribution >= 4 is 0 Å². The highest BCUT2D eigenvalue weighted by molar-refractivity contribution is 5.54. The molecule has 0 aliphatic carbocycles. The largest absolute Gasteiger partial charge is 0.395 e. The number of hydrogen-bond donors (Lipinski definition) is 1. The molecule has 2 aromatic heterocycles. The lowest BCUT2D eigenvalue weighted by molar-refractivity contribution is 0.276. The Balaban J connectivity index is 2.37. The second-order valence-electron chi connectivity index (χ2n) is 2.90. The maximum Gasteiger partial charge on any atom is 0.140 e. The smallest absolute Gasteiger partial charge is 0.140 e. The van der Waals surface area contributed by atoms with Crippen molar-refractivity contribution in [2.75, 3.05) is 6.61 Å². The Morgan fingerprint density at radius 2 is 2.00 bits per heavy atom. The van der Waals surface area contributed by atoms with Gasteiger partial charge in [0.1, 0.15) is 5.82 Å². The number of aliphatic hydroxyl groups excluding tert-OH is 1. The molecule has 0 fully saturated rings. The molecule has 4 nitrogen and oxygen atoms in total. The predicted molar refractivity (Wildman–Crippen MR) is 52.5 cm³/mol. The summed E-state index contributed by atoms with van der Waals surface area (Å²) in [6, 6.07) is 3.80. The number of imidazole rings is 1. The van der Waals surface area contributed by atoms with Gasteiger partial charge in [-0.15, -0.1) is 0 Å². The normalized spacial score (nSPS) is 10.4. The van der Waals surface area contributed by atoms with E-state index in [1.165, 1.54) is 0 Å². The predicted octanol–water partition coefficient (Wildman–Crippen LogP) is 0.937. The molecular weight excluding hydrogens is 178 g/mol. The molecule has 0 aliphatic rings. The van der Waals surface area contributed by atoms with E-state index in [0.29, 0.717) is 6.54 Å². The Labute approximate surface area is 81.9 Å². The van der Waals surface area contributed by atoms with Crippen molar-refractivity contribution < 1.29 is 5.11 Å². The highest BCUT2D eigenvalue weighted by Crippen LogP contribution is 2.15. The molecule has 0 amide bonds. The standard InChI is InChI=1S/C10H11N3O/c14-8-7-13-6-5-12-10(13)9-1-3-11-4-2-9/h1-6,14H,7-8H2. The minimum absolute atomic E-state index is 0.119. The van der Waals surface area contributed by atoms with Crippen molar-refractivity contribution in [2.24, 2.45) is 0 Å². The van der Waals surface area contributed by atoms with Gasteiger partial charge in [0.25, 0.3) is 0 Å². The molecule has 1 N–H and O–H groups in total. The van der Waals surface area contributed by atoms with Gasteiger partial charge in [-0.05, 0) is 12.1 Å². The zero-order valence-corrected chi connectivity index (χ0v) is 7.67. The van der Waals surface area contributed by atoms with Crippen LogP contribution in [0.25, 0.3) is 11.4 Å². The Bertz CT molecular complexity index is 397. The molecule has 4 heteroatoms. The van der Waals surface area contributed by atoms with E-state index in [0.717, 1.165) is 11.4 Å². The summed E-state index contributed by atoms with van der Waals surface area (Å²) in [7, 11) is 0. The minimum atomic E-state index is 0.119. The van der Waals surface area contributed by atoms with Crippen LogP contribution in [-0.4, -0.2) is 26.2 Å². The fourth-order valence-corrected chi connectivity index (χ4v) is 1.36. The zero-order chi connectivity index (χ0) is 9.80. The number of hydrogen-bond acceptors (Lipinski definition) is 3. The van der Waals surface area contributed by atoms with E-state index >= 15 is 0 Å². The fraction of sp³-hybridized carbons (Fsp3) is 0.200. The minimum Gasteiger partial charge on any atom is -0.395 e. The van der Waals surface area contributed by atoms with Gasteiger partial charge in [-0.1, -0.05) is 0 Å². The molecule has 0 aliphatic heterocycles. The van der Waals surface area contributed by atoms with Gasteiger partial charge < -0.3 is 9.67 Å². The SMILES string of the molecule is OCCn1ccnc1-c1ccncc1. The molecule has 0 saturated carbocycles. The van der Waals surface area contributed by atoms with Crippen LogP contribution in [0.5, 0.6) is 0 Å². The second kappa shape index (κ2) is 4.02. The van der Waals surface area contributed by atoms with Crippen molar-refractivity contribution in [3.63, 3.8) is 0 Å². The van der Waals surface area contributed by atoms with E-state index in [1.54, 1.807) is 18.6 Å². The van der Waals surface area contributed by atoms with Gasteiger partial charge in [-0.3, -0.25) is 4.98 Å². The van der Waals surface area contributed by atoms with E-state index < -0.39 is 0 Å². The van der Waals surface area contributed by atoms with Crippen molar-refractivity contribution in [1.82, 2.24) is 14.5 Å². The van der Waals surface area contributed by atoms with Crippen LogP contribution in [0, 0.1) is 0 Å². The quantitative estimate of drug-likeness (QED) is 0.781. The van der Waals surface area contributed by atoms with Crippen LogP contribution in [0.2, 0.25) is 0 Å². The summed E-state index contributed by atoms with van der Waals surface area (Å²) in [5.41, 5.74) is 1.01. The number of aromatic nitrogens is 3. The summed E-state index contributed by atoms with van der Waals surface area (Å²) in [6.07, 6.45) is 7.04. The summed E-state index contributed by atoms with van der Waals surface area (Å²) in [6.45, 7) is 0.687. The summed E-state index contributed by atoms with van der Waals surface area (Å²) in [5, 5.41) is 8.85. The van der Waals surface area contributed by atoms with Crippen LogP contribution in [0.4, 0.5) is 0 Å². The van der Waals surface area contributed by atoms with E-state index in [-0.39, 0.29) is 6.61 Å². The van der Waals surface area contributed by atoms with Gasteiger partial charge in [-0.25, -0.2) is 4.98 Å². The van der Waals surface area contributed by atoms with Gasteiger partial charge in [-0.2, -0.15) is 0 Å². The average Bonchev–Trinajstić information content (AvgIpc) is 2.68. The summed E-state index contributed by atoms with van der Waals surface area (Å²) < 4.78 is 1.91. The molecule has 14 heavy (non-hydrogen) atoms. The van der Waals surface area contributed by atoms with Crippen molar-refractivity contribution in [1.29, 1.82) is 0 Å². The zero-order valence-electron chi connectivity index (χ0n) is 7.67. The topological polar surface area (TPSA) is 50.9 Å². The highest BCUT2D eigenvalue weighted by atomic mass is 16.3. The number of pyridine rings is 1. The second-order valence-corrected chi connectivity index (χ2v) is 2.90. The highest BCUT2D eigenvalue weighted by Gasteiger charge is 2.03. The molecule has 0 atom stereocenters. The Hall–Kier alpha value is -1.68. The summed E-state index contributed by atoms with van der Waals surface area (Å²) in [5.74, 6) is 0.862. The Morgan fingerprint density at radius 3 is 2.71 bits per heavy atom. The lowest BCUT2D eigenvalue weighted by Gasteiger charge is -2.04. The molecule has 2 rings (SSSR count). The first-order valence-electron chi connectivity index (χ1n) is 4.44. The lowest BCUT2D eigenvalue weighted by Crippen LogP contribution is -2.02. The third-order valence-corrected chi connectivity index (χ3v) is 1.99. The average molecular weight is 189 g/mol. The van der Waals surface area contributed by atoms with Crippen molar-refractivity contribution in [2.45, 2.75) is 6.54 Å². The van der Waals surface area contributed by atoms with Gasteiger partial charge in [0.15, 0.2) is 0 Å². The molecular formula is C10H11N3O. The van der Waals surface area contributed by atoms with E-state index in [4.69, 9.17) is 5.11 Å². The van der Waals surface area contributed by atoms with Gasteiger partial charge in [0.05, 0.1) is 6.61 Å². The Kier molecular flexibility index (Phi) is 2.55. The maximum atomic E-state index is 8.85. The van der Waals surface area contributed by atoms with Crippen LogP contribution in [0.1, 0.15) is 0 Å². The van der Waals surface area contributed by atoms with Gasteiger partial charge in [0, 0.05) is 36.9 Å². The third-order valence-electron chi connectivity index (χ3n) is 1.99. The third kappa shape index (κ3) is 1.65. The molecule has 0 saturated heterocycles. The van der Waals surface area contributed by atoms with Crippen LogP contribution in [0.15, 0.2) is 36.9 Å². The molecule has 0 bridgehead atoms. The number of rotatable bonds is 3. The Morgan fingerprint density at radius 1 is 1.21 bits per heavy atom. The van der Waals surface area contributed by atoms with Crippen molar-refractivity contribution in [3.8, 4) is 11.4 Å². The molecule has 0 radical (unpaired) electrons. The van der Waals surface area contributed by atoms with Gasteiger partial charge in [0.2, 0.25) is 0 Å². The number of nitrogens with zero attached hydrogens (tertiary/aromatic N) is 3. The van der Waals surface area contributed by atoms with Crippen LogP contribution in [-0.2, 0) is 6.54 Å². The molecule has 72 valence electrons. The van der Waals surface area contributed by atoms with Crippen molar-refractivity contribution in [3.05, 3.63) is 36.9 Å². The monoisotopic (exact) mass is 189 g/mol. The molecule has 2 aromatic rings. The van der Waals surface area contributed by atoms with E-state index in [2.05, 4.69) is 9.97 Å². The summed E-state index contributed by atoms with van der Waals surface area (Å²) >= 11 is 0. The molecule has 0 aromatic carbocycles. The molecule has 0 unspecified atom stereocenters. The maximum absolute atomic E-state index is 8.85. The first-order chi connectivity index (χ1) is 6.92. The first-order valence-corrected chi connectivity index (χ1v) is 4.44. The van der Waals surface area contributed by atoms with Crippen LogP contribution in [0.3, 0.4) is 0 Å². The fourth-order valence-electron chi connectivity index (χ4n) is 1.36. The molecule has 0 spiro atoms. The van der Waals surface area contributed by atoms with E-state index in [1.807, 2.05) is 22.9 Å². The number of aliphatic hydroxyl groups is 1. The summed E-state index contributed by atoms with van der Waals surface area (Å²) in [4.78, 5) is 8.17. The molecule has 2 heterocycles.